The molecule has 0 spiro atoms. The lowest BCUT2D eigenvalue weighted by atomic mass is 10.1. The van der Waals surface area contributed by atoms with Gasteiger partial charge in [-0.3, -0.25) is 0 Å². The van der Waals surface area contributed by atoms with E-state index < -0.39 is 0 Å². The number of rotatable bonds is 2. The van der Waals surface area contributed by atoms with Gasteiger partial charge in [0.1, 0.15) is 11.5 Å². The molecule has 15 heavy (non-hydrogen) atoms. The van der Waals surface area contributed by atoms with E-state index in [2.05, 4.69) is 10.3 Å². The lowest BCUT2D eigenvalue weighted by molar-refractivity contribution is 0.277. The van der Waals surface area contributed by atoms with Gasteiger partial charge in [0.05, 0.1) is 12.3 Å². The number of aliphatic hydroxyl groups excluding tert-OH is 1. The van der Waals surface area contributed by atoms with Gasteiger partial charge >= 0.3 is 0 Å². The molecule has 0 aliphatic heterocycles. The Morgan fingerprint density at radius 3 is 2.60 bits per heavy atom. The number of aliphatic hydroxyl groups is 1. The fourth-order valence-electron chi connectivity index (χ4n) is 1.47. The molecule has 2 aromatic rings. The third kappa shape index (κ3) is 1.73. The van der Waals surface area contributed by atoms with Gasteiger partial charge in [0, 0.05) is 12.6 Å². The summed E-state index contributed by atoms with van der Waals surface area (Å²) in [6, 6.07) is 5.99. The van der Waals surface area contributed by atoms with E-state index in [-0.39, 0.29) is 12.4 Å². The fraction of sp³-hybridized carbons (Fsp3) is 0.200. The lowest BCUT2D eigenvalue weighted by Gasteiger charge is -2.02. The number of aromatic nitrogens is 3. The summed E-state index contributed by atoms with van der Waals surface area (Å²) in [4.78, 5) is 0. The smallest absolute Gasteiger partial charge is 0.123 e. The van der Waals surface area contributed by atoms with Crippen molar-refractivity contribution < 1.29 is 9.50 Å². The van der Waals surface area contributed by atoms with Gasteiger partial charge in [0.15, 0.2) is 0 Å². The molecule has 0 fully saturated rings. The highest BCUT2D eigenvalue weighted by Gasteiger charge is 2.11. The van der Waals surface area contributed by atoms with Gasteiger partial charge in [-0.25, -0.2) is 9.07 Å². The number of hydrogen-bond acceptors (Lipinski definition) is 3. The molecule has 0 bridgehead atoms. The Hall–Kier alpha value is -1.75. The Bertz CT molecular complexity index is 464. The molecule has 0 atom stereocenters. The zero-order valence-electron chi connectivity index (χ0n) is 8.18. The summed E-state index contributed by atoms with van der Waals surface area (Å²) in [5.41, 5.74) is 1.98. The van der Waals surface area contributed by atoms with Crippen LogP contribution in [0.2, 0.25) is 0 Å². The number of hydrogen-bond donors (Lipinski definition) is 1. The van der Waals surface area contributed by atoms with Crippen LogP contribution < -0.4 is 0 Å². The zero-order chi connectivity index (χ0) is 10.8. The lowest BCUT2D eigenvalue weighted by Crippen LogP contribution is -1.95. The van der Waals surface area contributed by atoms with Crippen molar-refractivity contribution in [3.8, 4) is 11.3 Å². The van der Waals surface area contributed by atoms with Crippen molar-refractivity contribution in [3.63, 3.8) is 0 Å². The maximum absolute atomic E-state index is 12.7. The first-order valence-corrected chi connectivity index (χ1v) is 4.47. The van der Waals surface area contributed by atoms with Crippen LogP contribution in [-0.2, 0) is 13.7 Å². The van der Waals surface area contributed by atoms with E-state index >= 15 is 0 Å². The van der Waals surface area contributed by atoms with E-state index in [0.717, 1.165) is 5.56 Å². The minimum absolute atomic E-state index is 0.180. The maximum atomic E-state index is 12.7. The zero-order valence-corrected chi connectivity index (χ0v) is 8.18. The van der Waals surface area contributed by atoms with Crippen molar-refractivity contribution >= 4 is 0 Å². The summed E-state index contributed by atoms with van der Waals surface area (Å²) in [5.74, 6) is -0.292. The predicted molar refractivity (Wildman–Crippen MR) is 52.3 cm³/mol. The Morgan fingerprint density at radius 1 is 1.33 bits per heavy atom. The molecule has 0 unspecified atom stereocenters. The average molecular weight is 207 g/mol. The van der Waals surface area contributed by atoms with Gasteiger partial charge in [0.2, 0.25) is 0 Å². The molecular weight excluding hydrogens is 197 g/mol. The van der Waals surface area contributed by atoms with E-state index in [1.165, 1.54) is 12.1 Å². The van der Waals surface area contributed by atoms with Gasteiger partial charge in [-0.1, -0.05) is 5.21 Å². The molecule has 78 valence electrons. The molecule has 1 aromatic carbocycles. The molecule has 5 heteroatoms. The molecule has 0 aliphatic carbocycles. The van der Waals surface area contributed by atoms with Gasteiger partial charge in [0.25, 0.3) is 0 Å². The molecule has 0 amide bonds. The molecule has 1 N–H and O–H groups in total. The van der Waals surface area contributed by atoms with Crippen molar-refractivity contribution in [2.24, 2.45) is 7.05 Å². The topological polar surface area (TPSA) is 50.9 Å². The second-order valence-electron chi connectivity index (χ2n) is 3.17. The van der Waals surface area contributed by atoms with E-state index in [1.54, 1.807) is 23.9 Å². The molecule has 0 radical (unpaired) electrons. The van der Waals surface area contributed by atoms with Crippen molar-refractivity contribution in [1.29, 1.82) is 0 Å². The molecule has 0 aliphatic rings. The van der Waals surface area contributed by atoms with Crippen molar-refractivity contribution in [2.45, 2.75) is 6.61 Å². The van der Waals surface area contributed by atoms with Crippen molar-refractivity contribution in [2.75, 3.05) is 0 Å². The second kappa shape index (κ2) is 3.78. The van der Waals surface area contributed by atoms with Gasteiger partial charge < -0.3 is 5.11 Å². The Morgan fingerprint density at radius 2 is 2.00 bits per heavy atom. The minimum atomic E-state index is -0.292. The molecule has 0 saturated heterocycles. The van der Waals surface area contributed by atoms with Gasteiger partial charge in [-0.05, 0) is 24.3 Å². The summed E-state index contributed by atoms with van der Waals surface area (Å²) < 4.78 is 14.3. The molecule has 4 nitrogen and oxygen atoms in total. The fourth-order valence-corrected chi connectivity index (χ4v) is 1.47. The third-order valence-corrected chi connectivity index (χ3v) is 2.16. The minimum Gasteiger partial charge on any atom is -0.390 e. The van der Waals surface area contributed by atoms with Crippen LogP contribution in [0.25, 0.3) is 11.3 Å². The standard InChI is InChI=1S/C10H10FN3O/c1-14-10(9(6-15)12-13-14)7-2-4-8(11)5-3-7/h2-5,15H,6H2,1H3. The van der Waals surface area contributed by atoms with E-state index in [4.69, 9.17) is 5.11 Å². The highest BCUT2D eigenvalue weighted by Crippen LogP contribution is 2.21. The highest BCUT2D eigenvalue weighted by atomic mass is 19.1. The summed E-state index contributed by atoms with van der Waals surface area (Å²) in [6.45, 7) is -0.180. The summed E-state index contributed by atoms with van der Waals surface area (Å²) in [7, 11) is 1.73. The van der Waals surface area contributed by atoms with Crippen molar-refractivity contribution in [1.82, 2.24) is 15.0 Å². The Balaban J connectivity index is 2.52. The normalized spacial score (nSPS) is 10.6. The molecular formula is C10H10FN3O. The number of aryl methyl sites for hydroxylation is 1. The summed E-state index contributed by atoms with van der Waals surface area (Å²) in [6.07, 6.45) is 0. The van der Waals surface area contributed by atoms with E-state index in [1.807, 2.05) is 0 Å². The monoisotopic (exact) mass is 207 g/mol. The van der Waals surface area contributed by atoms with Crippen LogP contribution in [0, 0.1) is 5.82 Å². The first-order chi connectivity index (χ1) is 7.22. The van der Waals surface area contributed by atoms with Gasteiger partial charge in [-0.2, -0.15) is 0 Å². The molecule has 1 aromatic heterocycles. The second-order valence-corrected chi connectivity index (χ2v) is 3.17. The maximum Gasteiger partial charge on any atom is 0.123 e. The van der Waals surface area contributed by atoms with Crippen LogP contribution >= 0.6 is 0 Å². The number of benzene rings is 1. The predicted octanol–water partition coefficient (Wildman–Crippen LogP) is 1.11. The summed E-state index contributed by atoms with van der Waals surface area (Å²) in [5, 5.41) is 16.7. The van der Waals surface area contributed by atoms with Crippen LogP contribution in [0.4, 0.5) is 4.39 Å². The number of nitrogens with zero attached hydrogens (tertiary/aromatic N) is 3. The van der Waals surface area contributed by atoms with E-state index in [9.17, 15) is 4.39 Å². The van der Waals surface area contributed by atoms with Crippen LogP contribution in [0.15, 0.2) is 24.3 Å². The van der Waals surface area contributed by atoms with Crippen LogP contribution in [0.3, 0.4) is 0 Å². The van der Waals surface area contributed by atoms with Crippen LogP contribution in [0.5, 0.6) is 0 Å². The van der Waals surface area contributed by atoms with Crippen LogP contribution in [-0.4, -0.2) is 20.1 Å². The quantitative estimate of drug-likeness (QED) is 0.802. The first-order valence-electron chi connectivity index (χ1n) is 4.47. The molecule has 0 saturated carbocycles. The number of halogens is 1. The van der Waals surface area contributed by atoms with E-state index in [0.29, 0.717) is 11.4 Å². The highest BCUT2D eigenvalue weighted by molar-refractivity contribution is 5.61. The summed E-state index contributed by atoms with van der Waals surface area (Å²) >= 11 is 0. The molecule has 2 rings (SSSR count). The van der Waals surface area contributed by atoms with Crippen molar-refractivity contribution in [3.05, 3.63) is 35.8 Å². The van der Waals surface area contributed by atoms with Crippen LogP contribution in [0.1, 0.15) is 5.69 Å². The average Bonchev–Trinajstić information content (AvgIpc) is 2.61. The largest absolute Gasteiger partial charge is 0.390 e. The Labute approximate surface area is 86.0 Å². The molecule has 1 heterocycles. The Kier molecular flexibility index (Phi) is 2.47. The SMILES string of the molecule is Cn1nnc(CO)c1-c1ccc(F)cc1. The third-order valence-electron chi connectivity index (χ3n) is 2.16. The van der Waals surface area contributed by atoms with Gasteiger partial charge in [-0.15, -0.1) is 5.10 Å². The first kappa shape index (κ1) is 9.79.